The Morgan fingerprint density at radius 3 is 2.35 bits per heavy atom. The van der Waals surface area contributed by atoms with E-state index in [1.165, 1.54) is 0 Å². The monoisotopic (exact) mass is 501 g/mol. The first-order chi connectivity index (χ1) is 18.2. The minimum atomic E-state index is 0.273. The summed E-state index contributed by atoms with van der Waals surface area (Å²) >= 11 is 0. The number of rotatable bonds is 7. The number of ether oxygens (including phenoxy) is 4. The second-order valence-electron chi connectivity index (χ2n) is 8.71. The number of benzene rings is 2. The molecule has 0 aliphatic carbocycles. The smallest absolute Gasteiger partial charge is 0.231 e. The van der Waals surface area contributed by atoms with Crippen LogP contribution in [0.2, 0.25) is 0 Å². The Morgan fingerprint density at radius 2 is 1.57 bits per heavy atom. The van der Waals surface area contributed by atoms with E-state index in [-0.39, 0.29) is 6.79 Å². The summed E-state index contributed by atoms with van der Waals surface area (Å²) < 4.78 is 21.7. The van der Waals surface area contributed by atoms with Gasteiger partial charge in [-0.2, -0.15) is 0 Å². The van der Waals surface area contributed by atoms with Gasteiger partial charge in [0.1, 0.15) is 12.1 Å². The molecule has 0 atom stereocenters. The van der Waals surface area contributed by atoms with Crippen molar-refractivity contribution in [1.29, 1.82) is 0 Å². The van der Waals surface area contributed by atoms with E-state index in [1.54, 1.807) is 20.5 Å². The molecule has 0 bridgehead atoms. The Hall–Kier alpha value is -4.54. The zero-order chi connectivity index (χ0) is 25.2. The molecule has 1 N–H and O–H groups in total. The molecular weight excluding hydrogens is 474 g/mol. The molecule has 0 saturated carbocycles. The minimum Gasteiger partial charge on any atom is -0.493 e. The van der Waals surface area contributed by atoms with Gasteiger partial charge in [-0.3, -0.25) is 0 Å². The van der Waals surface area contributed by atoms with Crippen molar-refractivity contribution in [1.82, 2.24) is 19.9 Å². The maximum atomic E-state index is 5.49. The summed E-state index contributed by atoms with van der Waals surface area (Å²) in [6, 6.07) is 9.75. The maximum Gasteiger partial charge on any atom is 0.231 e. The van der Waals surface area contributed by atoms with Crippen molar-refractivity contribution in [2.45, 2.75) is 6.54 Å². The summed E-state index contributed by atoms with van der Waals surface area (Å²) in [5.41, 5.74) is 2.77. The lowest BCUT2D eigenvalue weighted by Gasteiger charge is -2.35. The predicted octanol–water partition coefficient (Wildman–Crippen LogP) is 3.10. The number of nitrogens with zero attached hydrogens (tertiary/aromatic N) is 6. The van der Waals surface area contributed by atoms with Gasteiger partial charge in [0.15, 0.2) is 23.0 Å². The van der Waals surface area contributed by atoms with Crippen LogP contribution in [0.15, 0.2) is 49.1 Å². The van der Waals surface area contributed by atoms with Gasteiger partial charge < -0.3 is 34.1 Å². The Kier molecular flexibility index (Phi) is 6.09. The summed E-state index contributed by atoms with van der Waals surface area (Å²) in [7, 11) is 3.25. The maximum absolute atomic E-state index is 5.49. The topological polar surface area (TPSA) is 107 Å². The summed E-state index contributed by atoms with van der Waals surface area (Å²) in [6.07, 6.45) is 5.23. The Labute approximate surface area is 214 Å². The number of aromatic nitrogens is 4. The molecule has 190 valence electrons. The standard InChI is InChI=1S/C26H27N7O4/c1-34-22-10-19-20(11-23(22)35-2)30-15-31-25(19)32-5-7-33(8-6-32)26-28-13-18(14-29-26)27-12-17-3-4-21-24(9-17)37-16-36-21/h3-4,9-11,13-15,27H,5-8,12,16H2,1-2H3. The highest BCUT2D eigenvalue weighted by atomic mass is 16.7. The lowest BCUT2D eigenvalue weighted by Crippen LogP contribution is -2.47. The zero-order valence-electron chi connectivity index (χ0n) is 20.7. The lowest BCUT2D eigenvalue weighted by atomic mass is 10.2. The van der Waals surface area contributed by atoms with Crippen molar-refractivity contribution in [3.05, 3.63) is 54.6 Å². The van der Waals surface area contributed by atoms with Gasteiger partial charge >= 0.3 is 0 Å². The first-order valence-corrected chi connectivity index (χ1v) is 12.0. The van der Waals surface area contributed by atoms with Gasteiger partial charge in [0.2, 0.25) is 12.7 Å². The van der Waals surface area contributed by atoms with Crippen LogP contribution in [0.4, 0.5) is 17.5 Å². The first kappa shape index (κ1) is 22.9. The zero-order valence-corrected chi connectivity index (χ0v) is 20.7. The Balaban J connectivity index is 1.09. The van der Waals surface area contributed by atoms with Crippen LogP contribution in [0.1, 0.15) is 5.56 Å². The molecule has 0 amide bonds. The molecule has 1 saturated heterocycles. The van der Waals surface area contributed by atoms with Gasteiger partial charge in [-0.25, -0.2) is 19.9 Å². The second kappa shape index (κ2) is 9.84. The molecule has 4 aromatic rings. The number of methoxy groups -OCH3 is 2. The summed E-state index contributed by atoms with van der Waals surface area (Å²) in [5, 5.41) is 4.30. The number of nitrogens with one attached hydrogen (secondary N) is 1. The van der Waals surface area contributed by atoms with Gasteiger partial charge in [0.05, 0.1) is 37.8 Å². The molecule has 6 rings (SSSR count). The SMILES string of the molecule is COc1cc2ncnc(N3CCN(c4ncc(NCc5ccc6c(c5)OCO6)cn4)CC3)c2cc1OC. The van der Waals surface area contributed by atoms with Gasteiger partial charge in [-0.1, -0.05) is 6.07 Å². The van der Waals surface area contributed by atoms with E-state index in [9.17, 15) is 0 Å². The summed E-state index contributed by atoms with van der Waals surface area (Å²) in [4.78, 5) is 22.6. The van der Waals surface area contributed by atoms with Crippen LogP contribution in [0, 0.1) is 0 Å². The molecule has 2 aromatic carbocycles. The van der Waals surface area contributed by atoms with E-state index in [1.807, 2.05) is 42.7 Å². The molecule has 4 heterocycles. The number of fused-ring (bicyclic) bond motifs is 2. The Bertz CT molecular complexity index is 1410. The lowest BCUT2D eigenvalue weighted by molar-refractivity contribution is 0.174. The molecule has 2 aromatic heterocycles. The third kappa shape index (κ3) is 4.55. The van der Waals surface area contributed by atoms with Crippen LogP contribution in [0.5, 0.6) is 23.0 Å². The van der Waals surface area contributed by atoms with Crippen molar-refractivity contribution >= 4 is 28.4 Å². The van der Waals surface area contributed by atoms with Gasteiger partial charge in [-0.05, 0) is 23.8 Å². The largest absolute Gasteiger partial charge is 0.493 e. The van der Waals surface area contributed by atoms with E-state index in [2.05, 4.69) is 35.1 Å². The van der Waals surface area contributed by atoms with Crippen molar-refractivity contribution < 1.29 is 18.9 Å². The van der Waals surface area contributed by atoms with E-state index >= 15 is 0 Å². The number of piperazine rings is 1. The van der Waals surface area contributed by atoms with Crippen LogP contribution in [0.25, 0.3) is 10.9 Å². The first-order valence-electron chi connectivity index (χ1n) is 12.0. The molecule has 2 aliphatic rings. The number of hydrogen-bond acceptors (Lipinski definition) is 11. The number of hydrogen-bond donors (Lipinski definition) is 1. The summed E-state index contributed by atoms with van der Waals surface area (Å²) in [5.74, 6) is 4.46. The van der Waals surface area contributed by atoms with Crippen LogP contribution in [0.3, 0.4) is 0 Å². The van der Waals surface area contributed by atoms with Crippen LogP contribution < -0.4 is 34.1 Å². The van der Waals surface area contributed by atoms with Crippen LogP contribution in [-0.4, -0.2) is 67.1 Å². The molecular formula is C26H27N7O4. The molecule has 0 unspecified atom stereocenters. The molecule has 0 spiro atoms. The summed E-state index contributed by atoms with van der Waals surface area (Å²) in [6.45, 7) is 4.05. The Morgan fingerprint density at radius 1 is 0.838 bits per heavy atom. The molecule has 11 nitrogen and oxygen atoms in total. The predicted molar refractivity (Wildman–Crippen MR) is 139 cm³/mol. The molecule has 2 aliphatic heterocycles. The van der Waals surface area contributed by atoms with Gasteiger partial charge in [0, 0.05) is 44.2 Å². The fraction of sp³-hybridized carbons (Fsp3) is 0.308. The molecule has 37 heavy (non-hydrogen) atoms. The third-order valence-corrected chi connectivity index (χ3v) is 6.55. The van der Waals surface area contributed by atoms with E-state index in [0.29, 0.717) is 24.0 Å². The van der Waals surface area contributed by atoms with Crippen LogP contribution in [-0.2, 0) is 6.54 Å². The highest BCUT2D eigenvalue weighted by Gasteiger charge is 2.22. The van der Waals surface area contributed by atoms with E-state index < -0.39 is 0 Å². The fourth-order valence-corrected chi connectivity index (χ4v) is 4.57. The average Bonchev–Trinajstić information content (AvgIpc) is 3.43. The molecule has 11 heteroatoms. The quantitative estimate of drug-likeness (QED) is 0.404. The van der Waals surface area contributed by atoms with E-state index in [4.69, 9.17) is 18.9 Å². The highest BCUT2D eigenvalue weighted by molar-refractivity contribution is 5.92. The van der Waals surface area contributed by atoms with Crippen molar-refractivity contribution in [2.24, 2.45) is 0 Å². The van der Waals surface area contributed by atoms with E-state index in [0.717, 1.165) is 65.6 Å². The fourth-order valence-electron chi connectivity index (χ4n) is 4.57. The normalized spacial score (nSPS) is 14.6. The van der Waals surface area contributed by atoms with Crippen molar-refractivity contribution in [3.8, 4) is 23.0 Å². The van der Waals surface area contributed by atoms with Crippen molar-refractivity contribution in [3.63, 3.8) is 0 Å². The van der Waals surface area contributed by atoms with Gasteiger partial charge in [-0.15, -0.1) is 0 Å². The second-order valence-corrected chi connectivity index (χ2v) is 8.71. The average molecular weight is 502 g/mol. The molecule has 1 fully saturated rings. The van der Waals surface area contributed by atoms with Crippen LogP contribution >= 0.6 is 0 Å². The van der Waals surface area contributed by atoms with Crippen molar-refractivity contribution in [2.75, 3.05) is 62.3 Å². The highest BCUT2D eigenvalue weighted by Crippen LogP contribution is 2.35. The number of anilines is 3. The van der Waals surface area contributed by atoms with Gasteiger partial charge in [0.25, 0.3) is 0 Å². The minimum absolute atomic E-state index is 0.273. The molecule has 0 radical (unpaired) electrons. The third-order valence-electron chi connectivity index (χ3n) is 6.55.